The average Bonchev–Trinajstić information content (AvgIpc) is 2.52. The molecule has 0 spiro atoms. The molecule has 1 aromatic rings. The van der Waals surface area contributed by atoms with Crippen LogP contribution in [0.1, 0.15) is 33.3 Å². The molecule has 0 bridgehead atoms. The largest absolute Gasteiger partial charge is 0.494 e. The average molecular weight is 282 g/mol. The smallest absolute Gasteiger partial charge is 0.399 e. The summed E-state index contributed by atoms with van der Waals surface area (Å²) >= 11 is 1.40. The normalized spacial score (nSPS) is 20.9. The Balaban J connectivity index is 2.37. The fourth-order valence-electron chi connectivity index (χ4n) is 2.03. The lowest BCUT2D eigenvalue weighted by Gasteiger charge is -2.32. The van der Waals surface area contributed by atoms with E-state index >= 15 is 0 Å². The van der Waals surface area contributed by atoms with Crippen molar-refractivity contribution in [3.8, 4) is 0 Å². The highest BCUT2D eigenvalue weighted by molar-refractivity contribution is 7.98. The van der Waals surface area contributed by atoms with Crippen LogP contribution in [0.4, 0.5) is 4.39 Å². The van der Waals surface area contributed by atoms with E-state index in [2.05, 4.69) is 0 Å². The standard InChI is InChI=1S/C14H20BFO2S/c1-9-7-10(8-11(19-6)12(9)16)15-17-13(2,3)14(4,5)18-15/h7-8H,1-6H3. The maximum atomic E-state index is 13.9. The number of halogens is 1. The molecular formula is C14H20BFO2S. The van der Waals surface area contributed by atoms with Crippen LogP contribution in [0.15, 0.2) is 17.0 Å². The lowest BCUT2D eigenvalue weighted by Crippen LogP contribution is -2.41. The zero-order valence-electron chi connectivity index (χ0n) is 12.3. The Morgan fingerprint density at radius 1 is 1.11 bits per heavy atom. The van der Waals surface area contributed by atoms with Crippen molar-refractivity contribution in [1.29, 1.82) is 0 Å². The third-order valence-electron chi connectivity index (χ3n) is 3.99. The van der Waals surface area contributed by atoms with Crippen LogP contribution in [-0.4, -0.2) is 24.6 Å². The summed E-state index contributed by atoms with van der Waals surface area (Å²) in [6.45, 7) is 9.82. The van der Waals surface area contributed by atoms with Crippen molar-refractivity contribution in [2.75, 3.05) is 6.26 Å². The highest BCUT2D eigenvalue weighted by atomic mass is 32.2. The van der Waals surface area contributed by atoms with Crippen molar-refractivity contribution in [2.45, 2.75) is 50.7 Å². The first-order chi connectivity index (χ1) is 8.68. The second-order valence-electron chi connectivity index (χ2n) is 5.94. The maximum Gasteiger partial charge on any atom is 0.494 e. The van der Waals surface area contributed by atoms with Gasteiger partial charge in [-0.3, -0.25) is 0 Å². The minimum absolute atomic E-state index is 0.159. The van der Waals surface area contributed by atoms with Gasteiger partial charge in [-0.15, -0.1) is 11.8 Å². The predicted molar refractivity (Wildman–Crippen MR) is 78.6 cm³/mol. The molecule has 5 heteroatoms. The van der Waals surface area contributed by atoms with Crippen molar-refractivity contribution in [3.05, 3.63) is 23.5 Å². The monoisotopic (exact) mass is 282 g/mol. The fraction of sp³-hybridized carbons (Fsp3) is 0.571. The summed E-state index contributed by atoms with van der Waals surface area (Å²) in [4.78, 5) is 0.629. The van der Waals surface area contributed by atoms with E-state index in [0.717, 1.165) is 5.46 Å². The fourth-order valence-corrected chi connectivity index (χ4v) is 2.62. The molecule has 0 radical (unpaired) electrons. The molecule has 1 aliphatic rings. The van der Waals surface area contributed by atoms with Gasteiger partial charge >= 0.3 is 7.12 Å². The van der Waals surface area contributed by atoms with Crippen LogP contribution in [0, 0.1) is 12.7 Å². The van der Waals surface area contributed by atoms with Gasteiger partial charge in [0.25, 0.3) is 0 Å². The molecule has 1 saturated heterocycles. The number of hydrogen-bond acceptors (Lipinski definition) is 3. The summed E-state index contributed by atoms with van der Waals surface area (Å²) in [7, 11) is -0.435. The van der Waals surface area contributed by atoms with E-state index in [1.54, 1.807) is 13.0 Å². The van der Waals surface area contributed by atoms with Crippen LogP contribution < -0.4 is 5.46 Å². The Morgan fingerprint density at radius 3 is 2.11 bits per heavy atom. The lowest BCUT2D eigenvalue weighted by atomic mass is 9.78. The molecule has 1 aromatic carbocycles. The summed E-state index contributed by atoms with van der Waals surface area (Å²) in [5, 5.41) is 0. The van der Waals surface area contributed by atoms with Crippen LogP contribution >= 0.6 is 11.8 Å². The van der Waals surface area contributed by atoms with Crippen LogP contribution in [0.2, 0.25) is 0 Å². The van der Waals surface area contributed by atoms with E-state index in [-0.39, 0.29) is 17.0 Å². The molecule has 1 aliphatic heterocycles. The van der Waals surface area contributed by atoms with Gasteiger partial charge in [0.2, 0.25) is 0 Å². The Hall–Kier alpha value is -0.515. The second-order valence-corrected chi connectivity index (χ2v) is 6.79. The summed E-state index contributed by atoms with van der Waals surface area (Å²) in [5.41, 5.74) is 0.748. The van der Waals surface area contributed by atoms with Gasteiger partial charge in [0.1, 0.15) is 5.82 Å². The Labute approximate surface area is 119 Å². The number of aryl methyl sites for hydroxylation is 1. The molecule has 19 heavy (non-hydrogen) atoms. The van der Waals surface area contributed by atoms with E-state index in [9.17, 15) is 4.39 Å². The van der Waals surface area contributed by atoms with Gasteiger partial charge in [0, 0.05) is 4.90 Å². The predicted octanol–water partition coefficient (Wildman–Crippen LogP) is 3.16. The maximum absolute atomic E-state index is 13.9. The first kappa shape index (κ1) is 14.9. The molecular weight excluding hydrogens is 262 g/mol. The van der Waals surface area contributed by atoms with Crippen molar-refractivity contribution < 1.29 is 13.7 Å². The molecule has 1 heterocycles. The number of benzene rings is 1. The molecule has 2 rings (SSSR count). The summed E-state index contributed by atoms with van der Waals surface area (Å²) in [6.07, 6.45) is 1.87. The first-order valence-electron chi connectivity index (χ1n) is 6.37. The van der Waals surface area contributed by atoms with Crippen molar-refractivity contribution in [2.24, 2.45) is 0 Å². The quantitative estimate of drug-likeness (QED) is 0.613. The third kappa shape index (κ3) is 2.56. The molecule has 0 amide bonds. The Bertz CT molecular complexity index is 486. The van der Waals surface area contributed by atoms with Gasteiger partial charge in [-0.25, -0.2) is 4.39 Å². The molecule has 0 atom stereocenters. The van der Waals surface area contributed by atoms with E-state index in [0.29, 0.717) is 10.5 Å². The molecule has 0 N–H and O–H groups in total. The van der Waals surface area contributed by atoms with Gasteiger partial charge in [0.15, 0.2) is 0 Å². The highest BCUT2D eigenvalue weighted by Crippen LogP contribution is 2.36. The summed E-state index contributed by atoms with van der Waals surface area (Å²) in [5.74, 6) is -0.159. The van der Waals surface area contributed by atoms with E-state index in [4.69, 9.17) is 9.31 Å². The van der Waals surface area contributed by atoms with Crippen molar-refractivity contribution in [3.63, 3.8) is 0 Å². The molecule has 104 valence electrons. The van der Waals surface area contributed by atoms with Crippen LogP contribution in [0.5, 0.6) is 0 Å². The molecule has 0 unspecified atom stereocenters. The van der Waals surface area contributed by atoms with Gasteiger partial charge in [0.05, 0.1) is 11.2 Å². The Morgan fingerprint density at radius 2 is 1.63 bits per heavy atom. The second kappa shape index (κ2) is 4.79. The first-order valence-corrected chi connectivity index (χ1v) is 7.60. The minimum Gasteiger partial charge on any atom is -0.399 e. The van der Waals surface area contributed by atoms with Crippen LogP contribution in [0.25, 0.3) is 0 Å². The van der Waals surface area contributed by atoms with E-state index in [1.807, 2.05) is 40.0 Å². The van der Waals surface area contributed by atoms with Gasteiger partial charge in [-0.1, -0.05) is 6.07 Å². The summed E-state index contributed by atoms with van der Waals surface area (Å²) in [6, 6.07) is 3.62. The van der Waals surface area contributed by atoms with E-state index < -0.39 is 7.12 Å². The zero-order valence-corrected chi connectivity index (χ0v) is 13.2. The van der Waals surface area contributed by atoms with Gasteiger partial charge in [-0.2, -0.15) is 0 Å². The van der Waals surface area contributed by atoms with Gasteiger partial charge < -0.3 is 9.31 Å². The molecule has 1 fully saturated rings. The van der Waals surface area contributed by atoms with Crippen LogP contribution in [0.3, 0.4) is 0 Å². The lowest BCUT2D eigenvalue weighted by molar-refractivity contribution is 0.00578. The SMILES string of the molecule is CSc1cc(B2OC(C)(C)C(C)(C)O2)cc(C)c1F. The van der Waals surface area contributed by atoms with Crippen molar-refractivity contribution in [1.82, 2.24) is 0 Å². The Kier molecular flexibility index (Phi) is 3.76. The third-order valence-corrected chi connectivity index (χ3v) is 4.73. The molecule has 2 nitrogen and oxygen atoms in total. The topological polar surface area (TPSA) is 18.5 Å². The summed E-state index contributed by atoms with van der Waals surface area (Å²) < 4.78 is 25.9. The zero-order chi connectivity index (χ0) is 14.4. The highest BCUT2D eigenvalue weighted by Gasteiger charge is 2.51. The van der Waals surface area contributed by atoms with Gasteiger partial charge in [-0.05, 0) is 58.0 Å². The number of thioether (sulfide) groups is 1. The van der Waals surface area contributed by atoms with E-state index in [1.165, 1.54) is 11.8 Å². The molecule has 0 aromatic heterocycles. The molecule has 0 aliphatic carbocycles. The molecule has 0 saturated carbocycles. The minimum atomic E-state index is -0.435. The van der Waals surface area contributed by atoms with Crippen LogP contribution in [-0.2, 0) is 9.31 Å². The van der Waals surface area contributed by atoms with Crippen molar-refractivity contribution >= 4 is 24.3 Å². The number of rotatable bonds is 2. The number of hydrogen-bond donors (Lipinski definition) is 0.